The highest BCUT2D eigenvalue weighted by Crippen LogP contribution is 2.27. The third-order valence-electron chi connectivity index (χ3n) is 3.26. The number of rotatable bonds is 3. The number of imide groups is 1. The zero-order valence-electron chi connectivity index (χ0n) is 11.0. The SMILES string of the molecule is Cc1ccc(SCN2C(=O)c3ccccc3C2=O)cc1. The number of hydrogen-bond acceptors (Lipinski definition) is 3. The fourth-order valence-corrected chi connectivity index (χ4v) is 2.97. The number of thioether (sulfide) groups is 1. The molecular weight excluding hydrogens is 270 g/mol. The predicted molar refractivity (Wildman–Crippen MR) is 78.8 cm³/mol. The average molecular weight is 283 g/mol. The predicted octanol–water partition coefficient (Wildman–Crippen LogP) is 3.34. The lowest BCUT2D eigenvalue weighted by atomic mass is 10.1. The number of aryl methyl sites for hydroxylation is 1. The summed E-state index contributed by atoms with van der Waals surface area (Å²) in [7, 11) is 0. The number of carbonyl (C=O) groups is 2. The summed E-state index contributed by atoms with van der Waals surface area (Å²) in [6.45, 7) is 2.03. The van der Waals surface area contributed by atoms with Crippen LogP contribution in [0, 0.1) is 6.92 Å². The number of amides is 2. The standard InChI is InChI=1S/C16H13NO2S/c1-11-6-8-12(9-7-11)20-10-17-15(18)13-4-2-3-5-14(13)16(17)19/h2-9H,10H2,1H3. The molecule has 3 rings (SSSR count). The van der Waals surface area contributed by atoms with E-state index in [1.165, 1.54) is 22.2 Å². The molecule has 4 heteroatoms. The molecule has 100 valence electrons. The van der Waals surface area contributed by atoms with Crippen LogP contribution in [0.3, 0.4) is 0 Å². The molecule has 0 saturated heterocycles. The Labute approximate surface area is 121 Å². The van der Waals surface area contributed by atoms with Crippen molar-refractivity contribution < 1.29 is 9.59 Å². The van der Waals surface area contributed by atoms with Gasteiger partial charge in [-0.05, 0) is 31.2 Å². The van der Waals surface area contributed by atoms with E-state index in [0.717, 1.165) is 4.90 Å². The van der Waals surface area contributed by atoms with Gasteiger partial charge in [-0.2, -0.15) is 0 Å². The lowest BCUT2D eigenvalue weighted by Gasteiger charge is -2.13. The number of nitrogens with zero attached hydrogens (tertiary/aromatic N) is 1. The largest absolute Gasteiger partial charge is 0.269 e. The molecule has 0 saturated carbocycles. The summed E-state index contributed by atoms with van der Waals surface area (Å²) >= 11 is 1.49. The second-order valence-corrected chi connectivity index (χ2v) is 5.69. The van der Waals surface area contributed by atoms with E-state index >= 15 is 0 Å². The van der Waals surface area contributed by atoms with E-state index in [4.69, 9.17) is 0 Å². The van der Waals surface area contributed by atoms with Crippen LogP contribution in [0.5, 0.6) is 0 Å². The summed E-state index contributed by atoms with van der Waals surface area (Å²) in [6, 6.07) is 15.0. The Morgan fingerprint density at radius 3 is 2.00 bits per heavy atom. The molecule has 0 aliphatic carbocycles. The second kappa shape index (κ2) is 5.13. The minimum absolute atomic E-state index is 0.204. The van der Waals surface area contributed by atoms with Crippen molar-refractivity contribution in [2.75, 3.05) is 5.88 Å². The first-order valence-electron chi connectivity index (χ1n) is 6.31. The highest BCUT2D eigenvalue weighted by molar-refractivity contribution is 7.99. The van der Waals surface area contributed by atoms with Crippen LogP contribution in [0.4, 0.5) is 0 Å². The van der Waals surface area contributed by atoms with Crippen molar-refractivity contribution in [2.45, 2.75) is 11.8 Å². The highest BCUT2D eigenvalue weighted by Gasteiger charge is 2.34. The molecule has 0 fully saturated rings. The van der Waals surface area contributed by atoms with Crippen LogP contribution in [0.1, 0.15) is 26.3 Å². The Kier molecular flexibility index (Phi) is 3.32. The minimum Gasteiger partial charge on any atom is -0.269 e. The van der Waals surface area contributed by atoms with Gasteiger partial charge in [0.2, 0.25) is 0 Å². The molecule has 20 heavy (non-hydrogen) atoms. The summed E-state index contributed by atoms with van der Waals surface area (Å²) in [5.74, 6) is -0.0643. The van der Waals surface area contributed by atoms with Crippen LogP contribution >= 0.6 is 11.8 Å². The van der Waals surface area contributed by atoms with Crippen LogP contribution in [0.25, 0.3) is 0 Å². The van der Waals surface area contributed by atoms with E-state index in [-0.39, 0.29) is 11.8 Å². The molecule has 0 unspecified atom stereocenters. The van der Waals surface area contributed by atoms with Crippen molar-refractivity contribution in [3.8, 4) is 0 Å². The minimum atomic E-state index is -0.204. The van der Waals surface area contributed by atoms with Crippen LogP contribution in [0.2, 0.25) is 0 Å². The van der Waals surface area contributed by atoms with Crippen LogP contribution in [-0.2, 0) is 0 Å². The van der Waals surface area contributed by atoms with Crippen molar-refractivity contribution in [1.29, 1.82) is 0 Å². The van der Waals surface area contributed by atoms with Gasteiger partial charge in [-0.3, -0.25) is 14.5 Å². The smallest absolute Gasteiger partial charge is 0.262 e. The molecule has 1 heterocycles. The summed E-state index contributed by atoms with van der Waals surface area (Å²) in [5.41, 5.74) is 2.19. The van der Waals surface area contributed by atoms with E-state index in [2.05, 4.69) is 0 Å². The van der Waals surface area contributed by atoms with E-state index in [1.54, 1.807) is 24.3 Å². The number of fused-ring (bicyclic) bond motifs is 1. The Hall–Kier alpha value is -2.07. The molecule has 0 aromatic heterocycles. The van der Waals surface area contributed by atoms with Crippen molar-refractivity contribution in [2.24, 2.45) is 0 Å². The molecule has 3 nitrogen and oxygen atoms in total. The summed E-state index contributed by atoms with van der Waals surface area (Å²) in [5, 5.41) is 0. The number of benzene rings is 2. The molecule has 1 aliphatic heterocycles. The zero-order chi connectivity index (χ0) is 14.1. The highest BCUT2D eigenvalue weighted by atomic mass is 32.2. The summed E-state index contributed by atoms with van der Waals surface area (Å²) in [6.07, 6.45) is 0. The first-order valence-corrected chi connectivity index (χ1v) is 7.30. The lowest BCUT2D eigenvalue weighted by Crippen LogP contribution is -2.29. The summed E-state index contributed by atoms with van der Waals surface area (Å²) in [4.78, 5) is 26.7. The second-order valence-electron chi connectivity index (χ2n) is 4.67. The van der Waals surface area contributed by atoms with E-state index in [0.29, 0.717) is 17.0 Å². The normalized spacial score (nSPS) is 13.8. The molecule has 0 N–H and O–H groups in total. The van der Waals surface area contributed by atoms with E-state index < -0.39 is 0 Å². The Balaban J connectivity index is 1.75. The van der Waals surface area contributed by atoms with Crippen LogP contribution < -0.4 is 0 Å². The maximum atomic E-state index is 12.2. The molecule has 0 radical (unpaired) electrons. The molecule has 1 aliphatic rings. The summed E-state index contributed by atoms with van der Waals surface area (Å²) < 4.78 is 0. The molecule has 2 aromatic carbocycles. The topological polar surface area (TPSA) is 37.4 Å². The number of carbonyl (C=O) groups excluding carboxylic acids is 2. The molecule has 2 aromatic rings. The van der Waals surface area contributed by atoms with Gasteiger partial charge in [0, 0.05) is 4.90 Å². The Bertz CT molecular complexity index is 644. The van der Waals surface area contributed by atoms with Gasteiger partial charge in [-0.25, -0.2) is 0 Å². The number of hydrogen-bond donors (Lipinski definition) is 0. The van der Waals surface area contributed by atoms with E-state index in [9.17, 15) is 9.59 Å². The average Bonchev–Trinajstić information content (AvgIpc) is 2.71. The lowest BCUT2D eigenvalue weighted by molar-refractivity contribution is 0.0684. The fraction of sp³-hybridized carbons (Fsp3) is 0.125. The fourth-order valence-electron chi connectivity index (χ4n) is 2.13. The van der Waals surface area contributed by atoms with Crippen molar-refractivity contribution in [3.63, 3.8) is 0 Å². The first kappa shape index (κ1) is 12.9. The molecule has 0 spiro atoms. The van der Waals surface area contributed by atoms with Crippen molar-refractivity contribution >= 4 is 23.6 Å². The molecule has 0 atom stereocenters. The van der Waals surface area contributed by atoms with Gasteiger partial charge in [-0.1, -0.05) is 29.8 Å². The van der Waals surface area contributed by atoms with Crippen molar-refractivity contribution in [3.05, 3.63) is 65.2 Å². The maximum Gasteiger partial charge on any atom is 0.262 e. The van der Waals surface area contributed by atoms with Gasteiger partial charge >= 0.3 is 0 Å². The molecular formula is C16H13NO2S. The molecule has 0 bridgehead atoms. The maximum absolute atomic E-state index is 12.2. The van der Waals surface area contributed by atoms with Crippen LogP contribution in [0.15, 0.2) is 53.4 Å². The third kappa shape index (κ3) is 2.23. The van der Waals surface area contributed by atoms with Gasteiger partial charge in [0.25, 0.3) is 11.8 Å². The zero-order valence-corrected chi connectivity index (χ0v) is 11.8. The third-order valence-corrected chi connectivity index (χ3v) is 4.25. The monoisotopic (exact) mass is 283 g/mol. The Morgan fingerprint density at radius 1 is 0.900 bits per heavy atom. The van der Waals surface area contributed by atoms with Crippen LogP contribution in [-0.4, -0.2) is 22.6 Å². The van der Waals surface area contributed by atoms with Crippen molar-refractivity contribution in [1.82, 2.24) is 4.90 Å². The van der Waals surface area contributed by atoms with Gasteiger partial charge < -0.3 is 0 Å². The van der Waals surface area contributed by atoms with Gasteiger partial charge in [-0.15, -0.1) is 11.8 Å². The van der Waals surface area contributed by atoms with E-state index in [1.807, 2.05) is 31.2 Å². The molecule has 2 amide bonds. The van der Waals surface area contributed by atoms with Gasteiger partial charge in [0.05, 0.1) is 17.0 Å². The van der Waals surface area contributed by atoms with Gasteiger partial charge in [0.15, 0.2) is 0 Å². The Morgan fingerprint density at radius 2 is 1.45 bits per heavy atom. The quantitative estimate of drug-likeness (QED) is 0.640. The van der Waals surface area contributed by atoms with Gasteiger partial charge in [0.1, 0.15) is 0 Å². The first-order chi connectivity index (χ1) is 9.66.